The van der Waals surface area contributed by atoms with E-state index in [2.05, 4.69) is 20.6 Å². The maximum absolute atomic E-state index is 9.77. The Morgan fingerprint density at radius 3 is 2.21 bits per heavy atom. The molecule has 1 rings (SSSR count). The van der Waals surface area contributed by atoms with Crippen LogP contribution in [0.3, 0.4) is 0 Å². The van der Waals surface area contributed by atoms with Crippen LogP contribution in [0.4, 0.5) is 11.6 Å². The summed E-state index contributed by atoms with van der Waals surface area (Å²) in [6.45, 7) is 7.58. The van der Waals surface area contributed by atoms with Gasteiger partial charge in [-0.1, -0.05) is 20.8 Å². The van der Waals surface area contributed by atoms with Gasteiger partial charge in [0.2, 0.25) is 0 Å². The number of hydrogen-bond acceptors (Lipinski definition) is 6. The molecule has 6 nitrogen and oxygen atoms in total. The lowest BCUT2D eigenvalue weighted by molar-refractivity contribution is 0.0131. The number of aliphatic hydroxyl groups is 2. The summed E-state index contributed by atoms with van der Waals surface area (Å²) in [5.74, 6) is 2.05. The molecule has 1 aromatic rings. The van der Waals surface area contributed by atoms with E-state index in [-0.39, 0.29) is 18.6 Å². The topological polar surface area (TPSA) is 90.3 Å². The van der Waals surface area contributed by atoms with E-state index < -0.39 is 5.60 Å². The molecule has 1 heterocycles. The molecule has 0 radical (unpaired) electrons. The average molecular weight is 268 g/mol. The first-order valence-corrected chi connectivity index (χ1v) is 6.32. The highest BCUT2D eigenvalue weighted by atomic mass is 16.3. The number of hydrogen-bond donors (Lipinski definition) is 4. The molecule has 0 saturated carbocycles. The van der Waals surface area contributed by atoms with Gasteiger partial charge in [-0.15, -0.1) is 0 Å². The first-order chi connectivity index (χ1) is 8.68. The normalized spacial score (nSPS) is 14.9. The third kappa shape index (κ3) is 4.65. The second-order valence-electron chi connectivity index (χ2n) is 5.97. The number of aromatic nitrogens is 2. The monoisotopic (exact) mass is 268 g/mol. The third-order valence-corrected chi connectivity index (χ3v) is 2.64. The van der Waals surface area contributed by atoms with Gasteiger partial charge in [0, 0.05) is 25.1 Å². The summed E-state index contributed by atoms with van der Waals surface area (Å²) in [5, 5.41) is 24.8. The first kappa shape index (κ1) is 15.7. The summed E-state index contributed by atoms with van der Waals surface area (Å²) >= 11 is 0. The van der Waals surface area contributed by atoms with E-state index in [0.29, 0.717) is 17.5 Å². The van der Waals surface area contributed by atoms with Crippen molar-refractivity contribution >= 4 is 11.6 Å². The Balaban J connectivity index is 2.95. The Morgan fingerprint density at radius 2 is 1.74 bits per heavy atom. The summed E-state index contributed by atoms with van der Waals surface area (Å²) in [4.78, 5) is 8.85. The van der Waals surface area contributed by atoms with Crippen LogP contribution in [0.2, 0.25) is 0 Å². The molecule has 0 aliphatic carbocycles. The van der Waals surface area contributed by atoms with E-state index in [9.17, 15) is 5.11 Å². The van der Waals surface area contributed by atoms with Crippen molar-refractivity contribution in [3.8, 4) is 0 Å². The van der Waals surface area contributed by atoms with Crippen LogP contribution in [-0.4, -0.2) is 46.0 Å². The van der Waals surface area contributed by atoms with Gasteiger partial charge in [0.25, 0.3) is 0 Å². The van der Waals surface area contributed by atoms with Gasteiger partial charge in [0.05, 0.1) is 6.61 Å². The molecule has 0 saturated heterocycles. The smallest absolute Gasteiger partial charge is 0.138 e. The Kier molecular flexibility index (Phi) is 4.70. The van der Waals surface area contributed by atoms with Crippen LogP contribution in [0.1, 0.15) is 33.5 Å². The average Bonchev–Trinajstić information content (AvgIpc) is 2.35. The maximum atomic E-state index is 9.77. The van der Waals surface area contributed by atoms with Crippen molar-refractivity contribution in [2.75, 3.05) is 30.8 Å². The molecule has 1 unspecified atom stereocenters. The zero-order valence-corrected chi connectivity index (χ0v) is 12.3. The maximum Gasteiger partial charge on any atom is 0.138 e. The van der Waals surface area contributed by atoms with Crippen molar-refractivity contribution in [1.82, 2.24) is 9.97 Å². The van der Waals surface area contributed by atoms with E-state index in [1.54, 1.807) is 20.0 Å². The Hall–Kier alpha value is -1.40. The largest absolute Gasteiger partial charge is 0.393 e. The number of nitrogens with zero attached hydrogens (tertiary/aromatic N) is 2. The molecular formula is C13H24N4O2. The number of aliphatic hydroxyl groups excluding tert-OH is 1. The fraction of sp³-hybridized carbons (Fsp3) is 0.692. The van der Waals surface area contributed by atoms with Crippen molar-refractivity contribution in [1.29, 1.82) is 0 Å². The van der Waals surface area contributed by atoms with Crippen molar-refractivity contribution in [3.05, 3.63) is 11.9 Å². The molecule has 0 amide bonds. The molecule has 0 bridgehead atoms. The highest BCUT2D eigenvalue weighted by Crippen LogP contribution is 2.22. The van der Waals surface area contributed by atoms with Crippen LogP contribution < -0.4 is 10.6 Å². The zero-order valence-electron chi connectivity index (χ0n) is 12.3. The molecule has 6 heteroatoms. The molecule has 4 N–H and O–H groups in total. The van der Waals surface area contributed by atoms with Crippen LogP contribution in [0.5, 0.6) is 0 Å². The zero-order chi connectivity index (χ0) is 14.7. The third-order valence-electron chi connectivity index (χ3n) is 2.64. The van der Waals surface area contributed by atoms with Crippen molar-refractivity contribution < 1.29 is 10.2 Å². The fourth-order valence-electron chi connectivity index (χ4n) is 1.34. The van der Waals surface area contributed by atoms with Crippen molar-refractivity contribution in [3.63, 3.8) is 0 Å². The lowest BCUT2D eigenvalue weighted by atomic mass is 9.96. The Morgan fingerprint density at radius 1 is 1.16 bits per heavy atom. The molecule has 1 atom stereocenters. The predicted molar refractivity (Wildman–Crippen MR) is 76.5 cm³/mol. The molecule has 108 valence electrons. The van der Waals surface area contributed by atoms with Gasteiger partial charge in [0.15, 0.2) is 0 Å². The van der Waals surface area contributed by atoms with E-state index >= 15 is 0 Å². The molecular weight excluding hydrogens is 244 g/mol. The van der Waals surface area contributed by atoms with Crippen LogP contribution in [0.15, 0.2) is 6.07 Å². The molecule has 0 aliphatic rings. The van der Waals surface area contributed by atoms with Gasteiger partial charge in [-0.3, -0.25) is 0 Å². The highest BCUT2D eigenvalue weighted by molar-refractivity contribution is 5.48. The van der Waals surface area contributed by atoms with Crippen LogP contribution >= 0.6 is 0 Å². The van der Waals surface area contributed by atoms with Crippen molar-refractivity contribution in [2.24, 2.45) is 0 Å². The standard InChI is InChI=1S/C13H24N4O2/c1-12(2,3)11-16-9(14-5)6-10(17-11)15-7-13(4,19)8-18/h6,18-19H,7-8H2,1-5H3,(H2,14,15,16,17). The van der Waals surface area contributed by atoms with Crippen LogP contribution in [0.25, 0.3) is 0 Å². The van der Waals surface area contributed by atoms with Crippen molar-refractivity contribution in [2.45, 2.75) is 38.7 Å². The molecule has 0 fully saturated rings. The Bertz CT molecular complexity index is 427. The number of rotatable bonds is 5. The minimum Gasteiger partial charge on any atom is -0.393 e. The van der Waals surface area contributed by atoms with E-state index in [4.69, 9.17) is 5.11 Å². The second kappa shape index (κ2) is 5.71. The molecule has 0 aromatic carbocycles. The lowest BCUT2D eigenvalue weighted by Crippen LogP contribution is -2.37. The van der Waals surface area contributed by atoms with Gasteiger partial charge in [-0.25, -0.2) is 9.97 Å². The van der Waals surface area contributed by atoms with Gasteiger partial charge in [-0.2, -0.15) is 0 Å². The molecule has 19 heavy (non-hydrogen) atoms. The van der Waals surface area contributed by atoms with Gasteiger partial charge >= 0.3 is 0 Å². The predicted octanol–water partition coefficient (Wildman–Crippen LogP) is 0.971. The summed E-state index contributed by atoms with van der Waals surface area (Å²) in [7, 11) is 1.79. The van der Waals surface area contributed by atoms with Gasteiger partial charge in [0.1, 0.15) is 23.1 Å². The summed E-state index contributed by atoms with van der Waals surface area (Å²) < 4.78 is 0. The van der Waals surface area contributed by atoms with Gasteiger partial charge < -0.3 is 20.8 Å². The fourth-order valence-corrected chi connectivity index (χ4v) is 1.34. The van der Waals surface area contributed by atoms with E-state index in [1.807, 2.05) is 20.8 Å². The summed E-state index contributed by atoms with van der Waals surface area (Å²) in [6, 6.07) is 1.77. The van der Waals surface area contributed by atoms with Crippen LogP contribution in [0, 0.1) is 0 Å². The molecule has 0 spiro atoms. The quantitative estimate of drug-likeness (QED) is 0.636. The minimum atomic E-state index is -1.17. The number of nitrogens with one attached hydrogen (secondary N) is 2. The Labute approximate surface area is 114 Å². The second-order valence-corrected chi connectivity index (χ2v) is 5.97. The van der Waals surface area contributed by atoms with E-state index in [1.165, 1.54) is 0 Å². The lowest BCUT2D eigenvalue weighted by Gasteiger charge is -2.23. The molecule has 0 aliphatic heterocycles. The summed E-state index contributed by atoms with van der Waals surface area (Å²) in [6.07, 6.45) is 0. The highest BCUT2D eigenvalue weighted by Gasteiger charge is 2.21. The van der Waals surface area contributed by atoms with E-state index in [0.717, 1.165) is 0 Å². The SMILES string of the molecule is CNc1cc(NCC(C)(O)CO)nc(C(C)(C)C)n1. The van der Waals surface area contributed by atoms with Crippen LogP contribution in [-0.2, 0) is 5.41 Å². The minimum absolute atomic E-state index is 0.164. The number of anilines is 2. The molecule has 1 aromatic heterocycles. The summed E-state index contributed by atoms with van der Waals surface area (Å²) in [5.41, 5.74) is -1.34. The first-order valence-electron chi connectivity index (χ1n) is 6.32. The van der Waals surface area contributed by atoms with Gasteiger partial charge in [-0.05, 0) is 6.92 Å².